The highest BCUT2D eigenvalue weighted by Gasteiger charge is 2.06. The van der Waals surface area contributed by atoms with Crippen LogP contribution >= 0.6 is 24.0 Å². The number of halogens is 1. The lowest BCUT2D eigenvalue weighted by Gasteiger charge is -2.11. The number of nitrogens with one attached hydrogen (secondary N) is 2. The van der Waals surface area contributed by atoms with Gasteiger partial charge in [0.2, 0.25) is 5.89 Å². The highest BCUT2D eigenvalue weighted by Crippen LogP contribution is 2.07. The summed E-state index contributed by atoms with van der Waals surface area (Å²) < 4.78 is 11.0. The molecule has 0 aliphatic carbocycles. The molecule has 0 amide bonds. The van der Waals surface area contributed by atoms with Gasteiger partial charge in [0, 0.05) is 20.2 Å². The molecule has 0 aliphatic rings. The summed E-state index contributed by atoms with van der Waals surface area (Å²) >= 11 is 0. The van der Waals surface area contributed by atoms with Gasteiger partial charge >= 0.3 is 0 Å². The van der Waals surface area contributed by atoms with E-state index in [9.17, 15) is 0 Å². The minimum absolute atomic E-state index is 0. The van der Waals surface area contributed by atoms with Crippen LogP contribution < -0.4 is 10.6 Å². The zero-order valence-electron chi connectivity index (χ0n) is 13.5. The first kappa shape index (κ1) is 20.2. The van der Waals surface area contributed by atoms with Crippen LogP contribution in [-0.2, 0) is 11.3 Å². The van der Waals surface area contributed by atoms with E-state index < -0.39 is 0 Å². The fourth-order valence-corrected chi connectivity index (χ4v) is 1.59. The predicted molar refractivity (Wildman–Crippen MR) is 95.3 cm³/mol. The lowest BCUT2D eigenvalue weighted by Crippen LogP contribution is -2.37. The fraction of sp³-hybridized carbons (Fsp3) is 0.714. The zero-order valence-corrected chi connectivity index (χ0v) is 15.9. The first-order valence-corrected chi connectivity index (χ1v) is 7.02. The fourth-order valence-electron chi connectivity index (χ4n) is 1.59. The molecule has 0 radical (unpaired) electrons. The molecular weight excluding hydrogens is 383 g/mol. The van der Waals surface area contributed by atoms with Gasteiger partial charge < -0.3 is 19.8 Å². The Kier molecular flexibility index (Phi) is 10.4. The molecule has 1 aromatic heterocycles. The molecule has 6 nitrogen and oxygen atoms in total. The Morgan fingerprint density at radius 3 is 2.57 bits per heavy atom. The van der Waals surface area contributed by atoms with Crippen molar-refractivity contribution in [2.75, 3.05) is 20.2 Å². The normalized spacial score (nSPS) is 11.4. The number of hydrogen-bond acceptors (Lipinski definition) is 4. The van der Waals surface area contributed by atoms with Gasteiger partial charge in [0.05, 0.1) is 18.3 Å². The van der Waals surface area contributed by atoms with Crippen molar-refractivity contribution in [3.05, 3.63) is 17.3 Å². The summed E-state index contributed by atoms with van der Waals surface area (Å²) in [5, 5.41) is 6.39. The van der Waals surface area contributed by atoms with Crippen LogP contribution in [0.1, 0.15) is 37.6 Å². The van der Waals surface area contributed by atoms with Crippen molar-refractivity contribution in [3.63, 3.8) is 0 Å². The van der Waals surface area contributed by atoms with Crippen LogP contribution in [0.3, 0.4) is 0 Å². The van der Waals surface area contributed by atoms with Crippen LogP contribution in [0.25, 0.3) is 0 Å². The first-order chi connectivity index (χ1) is 9.52. The Labute approximate surface area is 144 Å². The second-order valence-corrected chi connectivity index (χ2v) is 4.87. The average Bonchev–Trinajstić information content (AvgIpc) is 2.71. The number of guanidine groups is 1. The van der Waals surface area contributed by atoms with Gasteiger partial charge in [-0.25, -0.2) is 4.98 Å². The minimum atomic E-state index is 0. The molecule has 1 rings (SSSR count). The Balaban J connectivity index is 0.00000400. The van der Waals surface area contributed by atoms with Gasteiger partial charge in [-0.15, -0.1) is 24.0 Å². The number of rotatable bonds is 7. The molecule has 1 aromatic rings. The number of nitrogens with zero attached hydrogens (tertiary/aromatic N) is 2. The first-order valence-electron chi connectivity index (χ1n) is 7.02. The molecule has 0 atom stereocenters. The van der Waals surface area contributed by atoms with Crippen LogP contribution in [0.4, 0.5) is 0 Å². The second kappa shape index (κ2) is 10.8. The summed E-state index contributed by atoms with van der Waals surface area (Å²) in [4.78, 5) is 8.46. The summed E-state index contributed by atoms with van der Waals surface area (Å²) in [6, 6.07) is 0. The summed E-state index contributed by atoms with van der Waals surface area (Å²) in [5.41, 5.74) is 0.926. The quantitative estimate of drug-likeness (QED) is 0.313. The number of aliphatic imine (C=N–C) groups is 1. The maximum atomic E-state index is 5.50. The Morgan fingerprint density at radius 1 is 1.33 bits per heavy atom. The van der Waals surface area contributed by atoms with E-state index in [0.717, 1.165) is 37.0 Å². The van der Waals surface area contributed by atoms with Gasteiger partial charge in [-0.05, 0) is 34.1 Å². The molecule has 122 valence electrons. The van der Waals surface area contributed by atoms with Crippen LogP contribution in [0, 0.1) is 13.8 Å². The van der Waals surface area contributed by atoms with E-state index >= 15 is 0 Å². The van der Waals surface area contributed by atoms with E-state index in [1.807, 2.05) is 27.7 Å². The van der Waals surface area contributed by atoms with E-state index in [2.05, 4.69) is 20.6 Å². The third kappa shape index (κ3) is 8.25. The molecule has 0 aromatic carbocycles. The number of aryl methyl sites for hydroxylation is 2. The van der Waals surface area contributed by atoms with Gasteiger partial charge in [-0.3, -0.25) is 4.99 Å². The molecule has 1 heterocycles. The molecule has 2 N–H and O–H groups in total. The SMILES string of the molecule is CN=C(NCCCOC(C)C)NCc1nc(C)c(C)o1.I. The molecule has 0 saturated heterocycles. The third-order valence-corrected chi connectivity index (χ3v) is 2.77. The molecule has 7 heteroatoms. The van der Waals surface area contributed by atoms with Crippen molar-refractivity contribution < 1.29 is 9.15 Å². The predicted octanol–water partition coefficient (Wildman–Crippen LogP) is 2.39. The van der Waals surface area contributed by atoms with E-state index in [0.29, 0.717) is 12.4 Å². The summed E-state index contributed by atoms with van der Waals surface area (Å²) in [7, 11) is 1.74. The largest absolute Gasteiger partial charge is 0.444 e. The third-order valence-electron chi connectivity index (χ3n) is 2.77. The highest BCUT2D eigenvalue weighted by molar-refractivity contribution is 14.0. The lowest BCUT2D eigenvalue weighted by molar-refractivity contribution is 0.0776. The molecule has 0 bridgehead atoms. The van der Waals surface area contributed by atoms with Gasteiger partial charge in [-0.1, -0.05) is 0 Å². The van der Waals surface area contributed by atoms with Crippen LogP contribution in [0.15, 0.2) is 9.41 Å². The summed E-state index contributed by atoms with van der Waals surface area (Å²) in [6.07, 6.45) is 1.22. The van der Waals surface area contributed by atoms with Gasteiger partial charge in [-0.2, -0.15) is 0 Å². The minimum Gasteiger partial charge on any atom is -0.444 e. The molecule has 0 saturated carbocycles. The van der Waals surface area contributed by atoms with Crippen molar-refractivity contribution in [2.45, 2.75) is 46.8 Å². The highest BCUT2D eigenvalue weighted by atomic mass is 127. The van der Waals surface area contributed by atoms with Crippen LogP contribution in [0.2, 0.25) is 0 Å². The van der Waals surface area contributed by atoms with Crippen molar-refractivity contribution >= 4 is 29.9 Å². The Morgan fingerprint density at radius 2 is 2.05 bits per heavy atom. The van der Waals surface area contributed by atoms with Gasteiger partial charge in [0.1, 0.15) is 5.76 Å². The Hall–Kier alpha value is -0.830. The van der Waals surface area contributed by atoms with E-state index in [1.165, 1.54) is 0 Å². The molecule has 0 aliphatic heterocycles. The van der Waals surface area contributed by atoms with Gasteiger partial charge in [0.25, 0.3) is 0 Å². The van der Waals surface area contributed by atoms with E-state index in [1.54, 1.807) is 7.05 Å². The number of hydrogen-bond donors (Lipinski definition) is 2. The van der Waals surface area contributed by atoms with Crippen molar-refractivity contribution in [1.29, 1.82) is 0 Å². The maximum Gasteiger partial charge on any atom is 0.214 e. The molecule has 21 heavy (non-hydrogen) atoms. The molecular formula is C14H27IN4O2. The number of ether oxygens (including phenoxy) is 1. The summed E-state index contributed by atoms with van der Waals surface area (Å²) in [5.74, 6) is 2.27. The Bertz CT molecular complexity index is 413. The lowest BCUT2D eigenvalue weighted by atomic mass is 10.4. The summed E-state index contributed by atoms with van der Waals surface area (Å²) in [6.45, 7) is 10.0. The van der Waals surface area contributed by atoms with E-state index in [4.69, 9.17) is 9.15 Å². The maximum absolute atomic E-state index is 5.50. The molecule has 0 fully saturated rings. The van der Waals surface area contributed by atoms with Crippen LogP contribution in [-0.4, -0.2) is 37.2 Å². The smallest absolute Gasteiger partial charge is 0.214 e. The van der Waals surface area contributed by atoms with Crippen molar-refractivity contribution in [3.8, 4) is 0 Å². The zero-order chi connectivity index (χ0) is 15.0. The molecule has 0 spiro atoms. The monoisotopic (exact) mass is 410 g/mol. The second-order valence-electron chi connectivity index (χ2n) is 4.87. The van der Waals surface area contributed by atoms with Crippen molar-refractivity contribution in [1.82, 2.24) is 15.6 Å². The standard InChI is InChI=1S/C14H26N4O2.HI/c1-10(2)19-8-6-7-16-14(15-5)17-9-13-18-11(3)12(4)20-13;/h10H,6-9H2,1-5H3,(H2,15,16,17);1H. The number of oxazole rings is 1. The topological polar surface area (TPSA) is 71.7 Å². The molecule has 0 unspecified atom stereocenters. The van der Waals surface area contributed by atoms with Crippen LogP contribution in [0.5, 0.6) is 0 Å². The van der Waals surface area contributed by atoms with Crippen molar-refractivity contribution in [2.24, 2.45) is 4.99 Å². The van der Waals surface area contributed by atoms with Gasteiger partial charge in [0.15, 0.2) is 5.96 Å². The van der Waals surface area contributed by atoms with E-state index in [-0.39, 0.29) is 30.1 Å². The average molecular weight is 410 g/mol. The number of aromatic nitrogens is 1.